The molecule has 0 unspecified atom stereocenters. The van der Waals surface area contributed by atoms with Gasteiger partial charge in [-0.1, -0.05) is 53.6 Å². The number of carbonyl (C=O) groups is 1. The third-order valence-electron chi connectivity index (χ3n) is 4.89. The van der Waals surface area contributed by atoms with Gasteiger partial charge < -0.3 is 0 Å². The van der Waals surface area contributed by atoms with Gasteiger partial charge in [-0.2, -0.15) is 12.8 Å². The third kappa shape index (κ3) is 4.04. The van der Waals surface area contributed by atoms with Crippen LogP contribution < -0.4 is 0 Å². The molecule has 9 heteroatoms. The zero-order valence-electron chi connectivity index (χ0n) is 16.7. The molecule has 3 aromatic rings. The summed E-state index contributed by atoms with van der Waals surface area (Å²) in [4.78, 5) is 12.3. The molecule has 4 rings (SSSR count). The van der Waals surface area contributed by atoms with E-state index in [1.54, 1.807) is 24.3 Å². The van der Waals surface area contributed by atoms with Crippen LogP contribution in [0.25, 0.3) is 0 Å². The zero-order valence-corrected chi connectivity index (χ0v) is 19.1. The maximum atomic E-state index is 13.2. The van der Waals surface area contributed by atoms with Crippen LogP contribution in [0, 0.1) is 6.92 Å². The molecule has 1 aliphatic carbocycles. The van der Waals surface area contributed by atoms with Crippen molar-refractivity contribution in [1.29, 1.82) is 0 Å². The van der Waals surface area contributed by atoms with E-state index in [4.69, 9.17) is 11.6 Å². The number of hydrogen-bond donors (Lipinski definition) is 0. The fourth-order valence-corrected chi connectivity index (χ4v) is 5.70. The number of aryl methyl sites for hydroxylation is 1. The number of sulfonamides is 1. The highest BCUT2D eigenvalue weighted by atomic mass is 35.5. The number of Topliss-reactive ketones (excluding diaryl/α,β-unsaturated/α-hetero) is 1. The van der Waals surface area contributed by atoms with Gasteiger partial charge >= 0.3 is 0 Å². The minimum Gasteiger partial charge on any atom is -0.288 e. The molecule has 0 saturated heterocycles. The van der Waals surface area contributed by atoms with Gasteiger partial charge in [0.2, 0.25) is 15.6 Å². The minimum absolute atomic E-state index is 0.0609. The lowest BCUT2D eigenvalue weighted by molar-refractivity contribution is 0.104. The predicted octanol–water partition coefficient (Wildman–Crippen LogP) is 4.38. The molecule has 0 heterocycles. The number of benzene rings is 3. The Bertz CT molecular complexity index is 1500. The highest BCUT2D eigenvalue weighted by Gasteiger charge is 2.34. The average molecular weight is 486 g/mol. The van der Waals surface area contributed by atoms with E-state index >= 15 is 0 Å². The quantitative estimate of drug-likeness (QED) is 0.546. The second-order valence-corrected chi connectivity index (χ2v) is 11.1. The number of sulfone groups is 1. The van der Waals surface area contributed by atoms with Gasteiger partial charge in [-0.25, -0.2) is 8.42 Å². The molecule has 0 atom stereocenters. The predicted molar refractivity (Wildman–Crippen MR) is 122 cm³/mol. The normalized spacial score (nSPS) is 15.4. The van der Waals surface area contributed by atoms with E-state index < -0.39 is 30.5 Å². The van der Waals surface area contributed by atoms with Crippen molar-refractivity contribution >= 4 is 43.0 Å². The fourth-order valence-electron chi connectivity index (χ4n) is 3.21. The van der Waals surface area contributed by atoms with Crippen molar-refractivity contribution in [3.63, 3.8) is 0 Å². The summed E-state index contributed by atoms with van der Waals surface area (Å²) in [5.74, 6) is -0.719. The lowest BCUT2D eigenvalue weighted by Gasteiger charge is -2.18. The molecule has 0 aromatic heterocycles. The fraction of sp³-hybridized carbons (Fsp3) is 0.0435. The van der Waals surface area contributed by atoms with E-state index in [9.17, 15) is 21.6 Å². The largest absolute Gasteiger partial charge is 0.288 e. The number of ketones is 1. The van der Waals surface area contributed by atoms with Gasteiger partial charge in [0, 0.05) is 16.1 Å². The van der Waals surface area contributed by atoms with Crippen LogP contribution in [0.2, 0.25) is 5.02 Å². The molecule has 0 fully saturated rings. The summed E-state index contributed by atoms with van der Waals surface area (Å²) < 4.78 is 56.1. The molecule has 0 bridgehead atoms. The number of rotatable bonds is 4. The van der Waals surface area contributed by atoms with Crippen LogP contribution in [0.5, 0.6) is 0 Å². The molecule has 0 N–H and O–H groups in total. The first-order valence-corrected chi connectivity index (χ1v) is 12.7. The number of halogens is 1. The van der Waals surface area contributed by atoms with E-state index in [-0.39, 0.29) is 26.6 Å². The standard InChI is InChI=1S/C23H16ClNO5S2/c1-15-6-10-17(11-7-15)31(27,28)22-14-21(19-4-2-3-5-20(19)23(22)26)25-32(29,30)18-12-8-16(24)9-13-18/h2-14H,1H3/b25-21+. The maximum Gasteiger partial charge on any atom is 0.282 e. The van der Waals surface area contributed by atoms with E-state index in [1.807, 2.05) is 6.92 Å². The number of carbonyl (C=O) groups excluding carboxylic acids is 1. The summed E-state index contributed by atoms with van der Waals surface area (Å²) >= 11 is 5.83. The Balaban J connectivity index is 1.92. The van der Waals surface area contributed by atoms with Crippen LogP contribution in [0.4, 0.5) is 0 Å². The van der Waals surface area contributed by atoms with E-state index in [0.717, 1.165) is 11.6 Å². The molecule has 0 spiro atoms. The Morgan fingerprint density at radius 1 is 0.750 bits per heavy atom. The Kier molecular flexibility index (Phi) is 5.62. The Labute approximate surface area is 190 Å². The second-order valence-electron chi connectivity index (χ2n) is 7.11. The molecule has 1 aliphatic rings. The van der Waals surface area contributed by atoms with Gasteiger partial charge in [0.1, 0.15) is 4.91 Å². The van der Waals surface area contributed by atoms with Crippen molar-refractivity contribution in [3.05, 3.63) is 105 Å². The first kappa shape index (κ1) is 22.1. The van der Waals surface area contributed by atoms with Crippen molar-refractivity contribution < 1.29 is 21.6 Å². The van der Waals surface area contributed by atoms with Gasteiger partial charge in [-0.05, 0) is 49.4 Å². The van der Waals surface area contributed by atoms with Crippen molar-refractivity contribution in [2.75, 3.05) is 0 Å². The molecule has 6 nitrogen and oxygen atoms in total. The van der Waals surface area contributed by atoms with Crippen molar-refractivity contribution in [2.24, 2.45) is 4.40 Å². The Morgan fingerprint density at radius 2 is 1.31 bits per heavy atom. The van der Waals surface area contributed by atoms with Gasteiger partial charge in [-0.3, -0.25) is 4.79 Å². The Morgan fingerprint density at radius 3 is 1.94 bits per heavy atom. The topological polar surface area (TPSA) is 97.7 Å². The first-order valence-electron chi connectivity index (χ1n) is 9.38. The third-order valence-corrected chi connectivity index (χ3v) is 8.22. The molecule has 3 aromatic carbocycles. The minimum atomic E-state index is -4.21. The number of hydrogen-bond acceptors (Lipinski definition) is 5. The number of allylic oxidation sites excluding steroid dienone is 2. The van der Waals surface area contributed by atoms with Crippen molar-refractivity contribution in [1.82, 2.24) is 0 Å². The lowest BCUT2D eigenvalue weighted by Crippen LogP contribution is -2.23. The van der Waals surface area contributed by atoms with E-state index in [0.29, 0.717) is 5.02 Å². The molecule has 32 heavy (non-hydrogen) atoms. The van der Waals surface area contributed by atoms with Crippen LogP contribution in [0.3, 0.4) is 0 Å². The van der Waals surface area contributed by atoms with Crippen molar-refractivity contribution in [2.45, 2.75) is 16.7 Å². The number of nitrogens with zero attached hydrogens (tertiary/aromatic N) is 1. The smallest absolute Gasteiger partial charge is 0.282 e. The summed E-state index contributed by atoms with van der Waals surface area (Å²) in [7, 11) is -8.41. The highest BCUT2D eigenvalue weighted by Crippen LogP contribution is 2.30. The molecule has 0 amide bonds. The van der Waals surface area contributed by atoms with E-state index in [2.05, 4.69) is 4.40 Å². The molecule has 0 radical (unpaired) electrons. The highest BCUT2D eigenvalue weighted by molar-refractivity contribution is 7.96. The summed E-state index contributed by atoms with van der Waals surface area (Å²) in [6, 6.07) is 17.6. The van der Waals surface area contributed by atoms with Gasteiger partial charge in [-0.15, -0.1) is 0 Å². The SMILES string of the molecule is Cc1ccc(S(=O)(=O)C2=C/C(=N\S(=O)(=O)c3ccc(Cl)cc3)c3ccccc3C2=O)cc1. The van der Waals surface area contributed by atoms with Gasteiger partial charge in [0.25, 0.3) is 10.0 Å². The van der Waals surface area contributed by atoms with Crippen LogP contribution >= 0.6 is 11.6 Å². The maximum absolute atomic E-state index is 13.2. The van der Waals surface area contributed by atoms with Gasteiger partial charge in [0.15, 0.2) is 0 Å². The summed E-state index contributed by atoms with van der Waals surface area (Å²) in [5, 5.41) is 0.358. The zero-order chi connectivity index (χ0) is 23.1. The van der Waals surface area contributed by atoms with Crippen LogP contribution in [0.15, 0.2) is 98.0 Å². The first-order chi connectivity index (χ1) is 15.1. The number of fused-ring (bicyclic) bond motifs is 1. The van der Waals surface area contributed by atoms with Crippen LogP contribution in [-0.2, 0) is 19.9 Å². The molecular weight excluding hydrogens is 470 g/mol. The molecule has 0 saturated carbocycles. The van der Waals surface area contributed by atoms with Crippen LogP contribution in [-0.4, -0.2) is 28.3 Å². The molecular formula is C23H16ClNO5S2. The summed E-state index contributed by atoms with van der Waals surface area (Å²) in [6.07, 6.45) is 1.02. The average Bonchev–Trinajstić information content (AvgIpc) is 2.76. The van der Waals surface area contributed by atoms with Gasteiger partial charge in [0.05, 0.1) is 15.5 Å². The Hall–Kier alpha value is -3.07. The van der Waals surface area contributed by atoms with E-state index in [1.165, 1.54) is 48.5 Å². The van der Waals surface area contributed by atoms with Crippen molar-refractivity contribution in [3.8, 4) is 0 Å². The molecule has 0 aliphatic heterocycles. The van der Waals surface area contributed by atoms with Crippen LogP contribution in [0.1, 0.15) is 21.5 Å². The summed E-state index contributed by atoms with van der Waals surface area (Å²) in [6.45, 7) is 1.81. The second kappa shape index (κ2) is 8.12. The lowest BCUT2D eigenvalue weighted by atomic mass is 9.94. The summed E-state index contributed by atoms with van der Waals surface area (Å²) in [5.41, 5.74) is 1.01. The molecule has 162 valence electrons. The monoisotopic (exact) mass is 485 g/mol.